The third-order valence-corrected chi connectivity index (χ3v) is 4.18. The molecule has 0 heterocycles. The van der Waals surface area contributed by atoms with E-state index < -0.39 is 11.9 Å². The van der Waals surface area contributed by atoms with Crippen LogP contribution in [0.2, 0.25) is 5.02 Å². The zero-order chi connectivity index (χ0) is 13.6. The summed E-state index contributed by atoms with van der Waals surface area (Å²) in [4.78, 5) is 22.7. The van der Waals surface area contributed by atoms with Crippen LogP contribution in [-0.4, -0.2) is 17.0 Å². The molecule has 1 aromatic carbocycles. The first kappa shape index (κ1) is 12.5. The van der Waals surface area contributed by atoms with Crippen molar-refractivity contribution >= 4 is 23.5 Å². The van der Waals surface area contributed by atoms with Gasteiger partial charge in [0.25, 0.3) is 0 Å². The monoisotopic (exact) mass is 279 g/mol. The second-order valence-corrected chi connectivity index (χ2v) is 5.67. The van der Waals surface area contributed by atoms with Crippen LogP contribution in [0.1, 0.15) is 30.0 Å². The van der Waals surface area contributed by atoms with Gasteiger partial charge in [0.1, 0.15) is 0 Å². The number of carbonyl (C=O) groups is 2. The van der Waals surface area contributed by atoms with Gasteiger partial charge in [-0.15, -0.1) is 0 Å². The fraction of sp³-hybridized carbons (Fsp3) is 0.429. The van der Waals surface area contributed by atoms with Crippen molar-refractivity contribution in [1.82, 2.24) is 5.32 Å². The number of amides is 1. The topological polar surface area (TPSA) is 66.4 Å². The summed E-state index contributed by atoms with van der Waals surface area (Å²) in [6.45, 7) is 0. The summed E-state index contributed by atoms with van der Waals surface area (Å²) >= 11 is 5.94. The molecule has 1 fully saturated rings. The van der Waals surface area contributed by atoms with E-state index in [9.17, 15) is 9.59 Å². The van der Waals surface area contributed by atoms with Gasteiger partial charge in [-0.3, -0.25) is 9.59 Å². The first-order valence-electron chi connectivity index (χ1n) is 6.38. The molecule has 1 aromatic rings. The van der Waals surface area contributed by atoms with E-state index in [1.54, 1.807) is 0 Å². The Morgan fingerprint density at radius 3 is 2.79 bits per heavy atom. The van der Waals surface area contributed by atoms with Gasteiger partial charge in [0.15, 0.2) is 0 Å². The molecule has 0 bridgehead atoms. The highest BCUT2D eigenvalue weighted by molar-refractivity contribution is 6.30. The molecule has 0 spiro atoms. The molecule has 3 rings (SSSR count). The van der Waals surface area contributed by atoms with Crippen molar-refractivity contribution in [3.63, 3.8) is 0 Å². The summed E-state index contributed by atoms with van der Waals surface area (Å²) < 4.78 is 0. The van der Waals surface area contributed by atoms with E-state index >= 15 is 0 Å². The SMILES string of the molecule is O=C(N[C@H]1CCc2cc(Cl)ccc21)[C@H]1C[C@H]1C(=O)O. The number of halogens is 1. The van der Waals surface area contributed by atoms with Crippen LogP contribution in [0.3, 0.4) is 0 Å². The number of fused-ring (bicyclic) bond motifs is 1. The highest BCUT2D eigenvalue weighted by Crippen LogP contribution is 2.40. The summed E-state index contributed by atoms with van der Waals surface area (Å²) in [6.07, 6.45) is 2.21. The molecule has 0 aromatic heterocycles. The van der Waals surface area contributed by atoms with Crippen molar-refractivity contribution in [2.45, 2.75) is 25.3 Å². The maximum Gasteiger partial charge on any atom is 0.307 e. The summed E-state index contributed by atoms with van der Waals surface area (Å²) in [7, 11) is 0. The summed E-state index contributed by atoms with van der Waals surface area (Å²) in [5.41, 5.74) is 2.27. The van der Waals surface area contributed by atoms with Gasteiger partial charge in [-0.2, -0.15) is 0 Å². The molecular formula is C14H14ClNO3. The molecule has 4 nitrogen and oxygen atoms in total. The Morgan fingerprint density at radius 1 is 1.32 bits per heavy atom. The lowest BCUT2D eigenvalue weighted by Gasteiger charge is -2.14. The van der Waals surface area contributed by atoms with Crippen LogP contribution in [0.15, 0.2) is 18.2 Å². The minimum absolute atomic E-state index is 0.00480. The van der Waals surface area contributed by atoms with E-state index in [0.29, 0.717) is 11.4 Å². The molecule has 0 unspecified atom stereocenters. The lowest BCUT2D eigenvalue weighted by Crippen LogP contribution is -2.29. The number of hydrogen-bond donors (Lipinski definition) is 2. The largest absolute Gasteiger partial charge is 0.481 e. The van der Waals surface area contributed by atoms with E-state index in [1.807, 2.05) is 18.2 Å². The Hall–Kier alpha value is -1.55. The number of carboxylic acid groups (broad SMARTS) is 1. The van der Waals surface area contributed by atoms with Crippen molar-refractivity contribution in [3.05, 3.63) is 34.3 Å². The molecule has 2 aliphatic rings. The quantitative estimate of drug-likeness (QED) is 0.891. The van der Waals surface area contributed by atoms with Gasteiger partial charge in [-0.05, 0) is 42.5 Å². The van der Waals surface area contributed by atoms with Crippen LogP contribution in [0.25, 0.3) is 0 Å². The van der Waals surface area contributed by atoms with Gasteiger partial charge in [-0.1, -0.05) is 17.7 Å². The lowest BCUT2D eigenvalue weighted by molar-refractivity contribution is -0.140. The molecule has 19 heavy (non-hydrogen) atoms. The Balaban J connectivity index is 1.67. The first-order chi connectivity index (χ1) is 9.06. The number of hydrogen-bond acceptors (Lipinski definition) is 2. The molecule has 2 aliphatic carbocycles. The lowest BCUT2D eigenvalue weighted by atomic mass is 10.1. The van der Waals surface area contributed by atoms with E-state index in [2.05, 4.69) is 5.32 Å². The van der Waals surface area contributed by atoms with Crippen molar-refractivity contribution in [2.24, 2.45) is 11.8 Å². The Bertz CT molecular complexity index is 558. The highest BCUT2D eigenvalue weighted by atomic mass is 35.5. The van der Waals surface area contributed by atoms with Gasteiger partial charge >= 0.3 is 5.97 Å². The minimum atomic E-state index is -0.876. The average molecular weight is 280 g/mol. The van der Waals surface area contributed by atoms with E-state index in [1.165, 1.54) is 5.56 Å². The molecule has 1 amide bonds. The third kappa shape index (κ3) is 2.32. The van der Waals surface area contributed by atoms with Crippen LogP contribution in [0.5, 0.6) is 0 Å². The predicted molar refractivity (Wildman–Crippen MR) is 69.9 cm³/mol. The molecule has 2 N–H and O–H groups in total. The van der Waals surface area contributed by atoms with Crippen LogP contribution >= 0.6 is 11.6 Å². The molecule has 1 saturated carbocycles. The maximum absolute atomic E-state index is 12.0. The third-order valence-electron chi connectivity index (χ3n) is 3.94. The standard InChI is InChI=1S/C14H14ClNO3/c15-8-2-3-9-7(5-8)1-4-12(9)16-13(17)10-6-11(10)14(18)19/h2-3,5,10-12H,1,4,6H2,(H,16,17)(H,18,19)/t10-,11+,12-/m0/s1. The number of aliphatic carboxylic acids is 1. The van der Waals surface area contributed by atoms with E-state index in [0.717, 1.165) is 18.4 Å². The second-order valence-electron chi connectivity index (χ2n) is 5.23. The van der Waals surface area contributed by atoms with Crippen LogP contribution in [0.4, 0.5) is 0 Å². The number of aryl methyl sites for hydroxylation is 1. The summed E-state index contributed by atoms with van der Waals surface area (Å²) in [5.74, 6) is -1.86. The van der Waals surface area contributed by atoms with Gasteiger partial charge in [0.05, 0.1) is 17.9 Å². The highest BCUT2D eigenvalue weighted by Gasteiger charge is 2.48. The molecule has 0 saturated heterocycles. The van der Waals surface area contributed by atoms with Crippen molar-refractivity contribution in [2.75, 3.05) is 0 Å². The Morgan fingerprint density at radius 2 is 2.11 bits per heavy atom. The average Bonchev–Trinajstić information content (AvgIpc) is 3.08. The van der Waals surface area contributed by atoms with Gasteiger partial charge in [0.2, 0.25) is 5.91 Å². The van der Waals surface area contributed by atoms with Crippen molar-refractivity contribution in [3.8, 4) is 0 Å². The number of carbonyl (C=O) groups excluding carboxylic acids is 1. The molecule has 100 valence electrons. The molecule has 0 aliphatic heterocycles. The van der Waals surface area contributed by atoms with Crippen molar-refractivity contribution < 1.29 is 14.7 Å². The number of nitrogens with one attached hydrogen (secondary N) is 1. The van der Waals surface area contributed by atoms with Gasteiger partial charge < -0.3 is 10.4 Å². The fourth-order valence-electron chi connectivity index (χ4n) is 2.77. The molecule has 3 atom stereocenters. The van der Waals surface area contributed by atoms with Crippen LogP contribution in [0, 0.1) is 11.8 Å². The van der Waals surface area contributed by atoms with Gasteiger partial charge in [0, 0.05) is 5.02 Å². The smallest absolute Gasteiger partial charge is 0.307 e. The molecule has 0 radical (unpaired) electrons. The number of rotatable bonds is 3. The van der Waals surface area contributed by atoms with Crippen LogP contribution in [-0.2, 0) is 16.0 Å². The van der Waals surface area contributed by atoms with Gasteiger partial charge in [-0.25, -0.2) is 0 Å². The Labute approximate surface area is 115 Å². The molecular weight excluding hydrogens is 266 g/mol. The van der Waals surface area contributed by atoms with E-state index in [-0.39, 0.29) is 17.9 Å². The first-order valence-corrected chi connectivity index (χ1v) is 6.75. The number of benzene rings is 1. The predicted octanol–water partition coefficient (Wildman–Crippen LogP) is 2.16. The van der Waals surface area contributed by atoms with Crippen molar-refractivity contribution in [1.29, 1.82) is 0 Å². The summed E-state index contributed by atoms with van der Waals surface area (Å²) in [5, 5.41) is 12.5. The fourth-order valence-corrected chi connectivity index (χ4v) is 2.97. The van der Waals surface area contributed by atoms with Crippen LogP contribution < -0.4 is 5.32 Å². The summed E-state index contributed by atoms with van der Waals surface area (Å²) in [6, 6.07) is 5.69. The minimum Gasteiger partial charge on any atom is -0.481 e. The normalized spacial score (nSPS) is 27.7. The van der Waals surface area contributed by atoms with E-state index in [4.69, 9.17) is 16.7 Å². The zero-order valence-electron chi connectivity index (χ0n) is 10.2. The number of carboxylic acids is 1. The second kappa shape index (κ2) is 4.53. The maximum atomic E-state index is 12.0. The molecule has 5 heteroatoms. The zero-order valence-corrected chi connectivity index (χ0v) is 11.0. The Kier molecular flexibility index (Phi) is 2.97.